The summed E-state index contributed by atoms with van der Waals surface area (Å²) in [7, 11) is 1.29. The molecule has 2 rings (SSSR count). The SMILES string of the molecule is COC(=O)c1cnn(-c2ccccc2F)c1C. The fourth-order valence-corrected chi connectivity index (χ4v) is 1.59. The van der Waals surface area contributed by atoms with Crippen molar-refractivity contribution in [2.24, 2.45) is 0 Å². The summed E-state index contributed by atoms with van der Waals surface area (Å²) < 4.78 is 19.6. The minimum atomic E-state index is -0.481. The van der Waals surface area contributed by atoms with Crippen molar-refractivity contribution in [3.05, 3.63) is 47.5 Å². The van der Waals surface area contributed by atoms with Gasteiger partial charge in [-0.3, -0.25) is 0 Å². The summed E-state index contributed by atoms with van der Waals surface area (Å²) in [5, 5.41) is 3.99. The van der Waals surface area contributed by atoms with E-state index in [0.29, 0.717) is 16.9 Å². The lowest BCUT2D eigenvalue weighted by molar-refractivity contribution is 0.0600. The third-order valence-electron chi connectivity index (χ3n) is 2.50. The molecule has 2 aromatic rings. The van der Waals surface area contributed by atoms with Gasteiger partial charge < -0.3 is 4.74 Å². The van der Waals surface area contributed by atoms with Gasteiger partial charge in [-0.15, -0.1) is 0 Å². The van der Waals surface area contributed by atoms with E-state index in [-0.39, 0.29) is 0 Å². The average molecular weight is 234 g/mol. The number of halogens is 1. The van der Waals surface area contributed by atoms with E-state index in [0.717, 1.165) is 0 Å². The summed E-state index contributed by atoms with van der Waals surface area (Å²) in [5.74, 6) is -0.875. The quantitative estimate of drug-likeness (QED) is 0.747. The van der Waals surface area contributed by atoms with E-state index in [1.54, 1.807) is 25.1 Å². The van der Waals surface area contributed by atoms with Gasteiger partial charge in [0.25, 0.3) is 0 Å². The minimum Gasteiger partial charge on any atom is -0.465 e. The lowest BCUT2D eigenvalue weighted by Gasteiger charge is -2.05. The van der Waals surface area contributed by atoms with Gasteiger partial charge >= 0.3 is 5.97 Å². The number of ether oxygens (including phenoxy) is 1. The number of aromatic nitrogens is 2. The van der Waals surface area contributed by atoms with Crippen LogP contribution in [-0.2, 0) is 4.74 Å². The van der Waals surface area contributed by atoms with E-state index in [1.807, 2.05) is 0 Å². The molecule has 1 heterocycles. The van der Waals surface area contributed by atoms with Crippen molar-refractivity contribution in [2.45, 2.75) is 6.92 Å². The van der Waals surface area contributed by atoms with Gasteiger partial charge in [0.05, 0.1) is 19.0 Å². The first kappa shape index (κ1) is 11.3. The predicted molar refractivity (Wildman–Crippen MR) is 59.6 cm³/mol. The second kappa shape index (κ2) is 4.37. The fraction of sp³-hybridized carbons (Fsp3) is 0.167. The predicted octanol–water partition coefficient (Wildman–Crippen LogP) is 2.11. The number of carbonyl (C=O) groups excluding carboxylic acids is 1. The third-order valence-corrected chi connectivity index (χ3v) is 2.50. The number of carbonyl (C=O) groups is 1. The minimum absolute atomic E-state index is 0.306. The van der Waals surface area contributed by atoms with Crippen LogP contribution in [0.3, 0.4) is 0 Å². The molecule has 0 aliphatic carbocycles. The molecule has 0 aliphatic heterocycles. The van der Waals surface area contributed by atoms with Gasteiger partial charge in [-0.25, -0.2) is 13.9 Å². The van der Waals surface area contributed by atoms with E-state index in [4.69, 9.17) is 0 Å². The Morgan fingerprint density at radius 2 is 2.12 bits per heavy atom. The summed E-state index contributed by atoms with van der Waals surface area (Å²) in [6.45, 7) is 1.69. The van der Waals surface area contributed by atoms with Crippen molar-refractivity contribution in [3.8, 4) is 5.69 Å². The fourth-order valence-electron chi connectivity index (χ4n) is 1.59. The van der Waals surface area contributed by atoms with Gasteiger partial charge in [-0.05, 0) is 19.1 Å². The zero-order valence-corrected chi connectivity index (χ0v) is 9.48. The molecule has 0 saturated heterocycles. The van der Waals surface area contributed by atoms with Gasteiger partial charge in [0.15, 0.2) is 0 Å². The zero-order chi connectivity index (χ0) is 12.4. The Balaban J connectivity index is 2.52. The maximum atomic E-state index is 13.6. The molecule has 0 bridgehead atoms. The molecular formula is C12H11FN2O2. The van der Waals surface area contributed by atoms with Crippen LogP contribution in [0.25, 0.3) is 5.69 Å². The number of hydrogen-bond acceptors (Lipinski definition) is 3. The molecule has 17 heavy (non-hydrogen) atoms. The number of nitrogens with zero attached hydrogens (tertiary/aromatic N) is 2. The van der Waals surface area contributed by atoms with Crippen LogP contribution in [0.2, 0.25) is 0 Å². The first-order chi connectivity index (χ1) is 8.15. The molecule has 5 heteroatoms. The van der Waals surface area contributed by atoms with Crippen molar-refractivity contribution in [2.75, 3.05) is 7.11 Å². The largest absolute Gasteiger partial charge is 0.465 e. The molecular weight excluding hydrogens is 223 g/mol. The number of benzene rings is 1. The van der Waals surface area contributed by atoms with Crippen LogP contribution in [0.4, 0.5) is 4.39 Å². The number of esters is 1. The van der Waals surface area contributed by atoms with Gasteiger partial charge in [0.2, 0.25) is 0 Å². The standard InChI is InChI=1S/C12H11FN2O2/c1-8-9(12(16)17-2)7-14-15(8)11-6-4-3-5-10(11)13/h3-7H,1-2H3. The number of methoxy groups -OCH3 is 1. The van der Waals surface area contributed by atoms with Gasteiger partial charge in [-0.2, -0.15) is 5.10 Å². The molecule has 1 aromatic carbocycles. The highest BCUT2D eigenvalue weighted by atomic mass is 19.1. The molecule has 0 amide bonds. The molecule has 0 spiro atoms. The van der Waals surface area contributed by atoms with Gasteiger partial charge in [0, 0.05) is 0 Å². The highest BCUT2D eigenvalue weighted by molar-refractivity contribution is 5.90. The lowest BCUT2D eigenvalue weighted by atomic mass is 10.2. The molecule has 0 N–H and O–H groups in total. The normalized spacial score (nSPS) is 10.3. The Kier molecular flexibility index (Phi) is 2.91. The summed E-state index contributed by atoms with van der Waals surface area (Å²) in [6, 6.07) is 6.24. The number of hydrogen-bond donors (Lipinski definition) is 0. The first-order valence-electron chi connectivity index (χ1n) is 5.03. The molecule has 88 valence electrons. The van der Waals surface area contributed by atoms with Crippen molar-refractivity contribution in [1.82, 2.24) is 9.78 Å². The zero-order valence-electron chi connectivity index (χ0n) is 9.48. The topological polar surface area (TPSA) is 44.1 Å². The molecule has 4 nitrogen and oxygen atoms in total. The smallest absolute Gasteiger partial charge is 0.341 e. The van der Waals surface area contributed by atoms with Gasteiger partial charge in [0.1, 0.15) is 17.1 Å². The van der Waals surface area contributed by atoms with Crippen molar-refractivity contribution in [3.63, 3.8) is 0 Å². The summed E-state index contributed by atoms with van der Waals surface area (Å²) >= 11 is 0. The first-order valence-corrected chi connectivity index (χ1v) is 5.03. The van der Waals surface area contributed by atoms with Crippen LogP contribution >= 0.6 is 0 Å². The van der Waals surface area contributed by atoms with Crippen LogP contribution in [0.15, 0.2) is 30.5 Å². The van der Waals surface area contributed by atoms with E-state index < -0.39 is 11.8 Å². The Labute approximate surface area is 97.6 Å². The summed E-state index contributed by atoms with van der Waals surface area (Å²) in [6.07, 6.45) is 1.37. The van der Waals surface area contributed by atoms with Crippen LogP contribution in [-0.4, -0.2) is 22.9 Å². The highest BCUT2D eigenvalue weighted by Crippen LogP contribution is 2.17. The second-order valence-electron chi connectivity index (χ2n) is 3.50. The molecule has 0 radical (unpaired) electrons. The molecule has 0 atom stereocenters. The van der Waals surface area contributed by atoms with Crippen molar-refractivity contribution < 1.29 is 13.9 Å². The van der Waals surface area contributed by atoms with Crippen molar-refractivity contribution in [1.29, 1.82) is 0 Å². The van der Waals surface area contributed by atoms with Crippen LogP contribution in [0, 0.1) is 12.7 Å². The van der Waals surface area contributed by atoms with E-state index in [1.165, 1.54) is 24.1 Å². The van der Waals surface area contributed by atoms with Crippen LogP contribution in [0.5, 0.6) is 0 Å². The van der Waals surface area contributed by atoms with Gasteiger partial charge in [-0.1, -0.05) is 12.1 Å². The maximum Gasteiger partial charge on any atom is 0.341 e. The summed E-state index contributed by atoms with van der Waals surface area (Å²) in [4.78, 5) is 11.4. The Bertz CT molecular complexity index is 563. The Morgan fingerprint density at radius 1 is 1.41 bits per heavy atom. The van der Waals surface area contributed by atoms with E-state index in [2.05, 4.69) is 9.84 Å². The summed E-state index contributed by atoms with van der Waals surface area (Å²) in [5.41, 5.74) is 1.18. The molecule has 0 aliphatic rings. The van der Waals surface area contributed by atoms with Crippen molar-refractivity contribution >= 4 is 5.97 Å². The average Bonchev–Trinajstić information content (AvgIpc) is 2.71. The lowest BCUT2D eigenvalue weighted by Crippen LogP contribution is -2.05. The number of rotatable bonds is 2. The number of para-hydroxylation sites is 1. The third kappa shape index (κ3) is 1.91. The monoisotopic (exact) mass is 234 g/mol. The Hall–Kier alpha value is -2.17. The van der Waals surface area contributed by atoms with Crippen LogP contribution < -0.4 is 0 Å². The highest BCUT2D eigenvalue weighted by Gasteiger charge is 2.16. The Morgan fingerprint density at radius 3 is 2.76 bits per heavy atom. The molecule has 0 unspecified atom stereocenters. The van der Waals surface area contributed by atoms with E-state index in [9.17, 15) is 9.18 Å². The van der Waals surface area contributed by atoms with Crippen LogP contribution in [0.1, 0.15) is 16.1 Å². The molecule has 1 aromatic heterocycles. The molecule has 0 saturated carbocycles. The maximum absolute atomic E-state index is 13.6. The van der Waals surface area contributed by atoms with E-state index >= 15 is 0 Å². The molecule has 0 fully saturated rings. The second-order valence-corrected chi connectivity index (χ2v) is 3.50.